The normalized spacial score (nSPS) is 21.7. The van der Waals surface area contributed by atoms with E-state index in [9.17, 15) is 13.2 Å². The summed E-state index contributed by atoms with van der Waals surface area (Å²) in [5.41, 5.74) is 0. The van der Waals surface area contributed by atoms with Gasteiger partial charge in [-0.1, -0.05) is 13.8 Å². The van der Waals surface area contributed by atoms with Crippen molar-refractivity contribution in [2.45, 2.75) is 32.7 Å². The summed E-state index contributed by atoms with van der Waals surface area (Å²) in [7, 11) is -3.13. The van der Waals surface area contributed by atoms with Crippen LogP contribution in [0.5, 0.6) is 0 Å². The second kappa shape index (κ2) is 6.05. The topological polar surface area (TPSA) is 72.5 Å². The SMILES string of the molecule is CC(C)CCCOC(=O)NC1C=CS(=O)(=O)C1. The van der Waals surface area contributed by atoms with Crippen LogP contribution in [0.4, 0.5) is 4.79 Å². The highest BCUT2D eigenvalue weighted by Gasteiger charge is 2.23. The first kappa shape index (κ1) is 14.0. The lowest BCUT2D eigenvalue weighted by atomic mass is 10.1. The first-order valence-electron chi connectivity index (χ1n) is 5.73. The first-order chi connectivity index (χ1) is 7.89. The fourth-order valence-electron chi connectivity index (χ4n) is 1.52. The molecule has 98 valence electrons. The smallest absolute Gasteiger partial charge is 0.407 e. The lowest BCUT2D eigenvalue weighted by Gasteiger charge is -2.11. The van der Waals surface area contributed by atoms with Crippen molar-refractivity contribution in [1.82, 2.24) is 5.32 Å². The van der Waals surface area contributed by atoms with Gasteiger partial charge in [-0.15, -0.1) is 0 Å². The number of carbonyl (C=O) groups is 1. The quantitative estimate of drug-likeness (QED) is 0.760. The van der Waals surface area contributed by atoms with Gasteiger partial charge in [-0.3, -0.25) is 0 Å². The van der Waals surface area contributed by atoms with E-state index in [0.29, 0.717) is 12.5 Å². The Morgan fingerprint density at radius 1 is 1.53 bits per heavy atom. The number of rotatable bonds is 5. The van der Waals surface area contributed by atoms with Gasteiger partial charge in [-0.05, 0) is 24.8 Å². The minimum atomic E-state index is -3.13. The molecule has 1 aliphatic rings. The van der Waals surface area contributed by atoms with Gasteiger partial charge in [0.2, 0.25) is 0 Å². The van der Waals surface area contributed by atoms with Crippen molar-refractivity contribution < 1.29 is 17.9 Å². The van der Waals surface area contributed by atoms with Gasteiger partial charge in [0.25, 0.3) is 0 Å². The van der Waals surface area contributed by atoms with Gasteiger partial charge in [-0.25, -0.2) is 13.2 Å². The van der Waals surface area contributed by atoms with Crippen molar-refractivity contribution in [2.75, 3.05) is 12.4 Å². The summed E-state index contributed by atoms with van der Waals surface area (Å²) >= 11 is 0. The van der Waals surface area contributed by atoms with E-state index in [1.165, 1.54) is 6.08 Å². The van der Waals surface area contributed by atoms with Gasteiger partial charge < -0.3 is 10.1 Å². The highest BCUT2D eigenvalue weighted by Crippen LogP contribution is 2.08. The number of sulfone groups is 1. The van der Waals surface area contributed by atoms with Crippen LogP contribution in [0.3, 0.4) is 0 Å². The van der Waals surface area contributed by atoms with Crippen molar-refractivity contribution in [3.8, 4) is 0 Å². The Balaban J connectivity index is 2.16. The van der Waals surface area contributed by atoms with Crippen LogP contribution in [0.2, 0.25) is 0 Å². The number of alkyl carbamates (subject to hydrolysis) is 1. The molecular weight excluding hydrogens is 242 g/mol. The fourth-order valence-corrected chi connectivity index (χ4v) is 2.75. The number of hydrogen-bond acceptors (Lipinski definition) is 4. The molecule has 1 aliphatic heterocycles. The van der Waals surface area contributed by atoms with Gasteiger partial charge >= 0.3 is 6.09 Å². The fraction of sp³-hybridized carbons (Fsp3) is 0.727. The lowest BCUT2D eigenvalue weighted by Crippen LogP contribution is -2.36. The summed E-state index contributed by atoms with van der Waals surface area (Å²) < 4.78 is 27.1. The third kappa shape index (κ3) is 5.72. The molecule has 1 unspecified atom stereocenters. The summed E-state index contributed by atoms with van der Waals surface area (Å²) in [4.78, 5) is 11.3. The Bertz CT molecular complexity index is 386. The van der Waals surface area contributed by atoms with Crippen molar-refractivity contribution >= 4 is 15.9 Å². The molecule has 17 heavy (non-hydrogen) atoms. The molecule has 0 aromatic heterocycles. The second-order valence-electron chi connectivity index (χ2n) is 4.58. The van der Waals surface area contributed by atoms with Crippen LogP contribution in [0.1, 0.15) is 26.7 Å². The molecule has 0 spiro atoms. The standard InChI is InChI=1S/C11H19NO4S/c1-9(2)4-3-6-16-11(13)12-10-5-7-17(14,15)8-10/h5,7,9-10H,3-4,6,8H2,1-2H3,(H,12,13). The summed E-state index contributed by atoms with van der Waals surface area (Å²) in [5, 5.41) is 3.62. The zero-order valence-corrected chi connectivity index (χ0v) is 11.0. The van der Waals surface area contributed by atoms with Crippen LogP contribution in [0.15, 0.2) is 11.5 Å². The number of hydrogen-bond donors (Lipinski definition) is 1. The average Bonchev–Trinajstić information content (AvgIpc) is 2.52. The van der Waals surface area contributed by atoms with E-state index in [4.69, 9.17) is 4.74 Å². The van der Waals surface area contributed by atoms with Crippen LogP contribution < -0.4 is 5.32 Å². The maximum Gasteiger partial charge on any atom is 0.407 e. The number of amides is 1. The summed E-state index contributed by atoms with van der Waals surface area (Å²) in [6.45, 7) is 4.58. The summed E-state index contributed by atoms with van der Waals surface area (Å²) in [6, 6.07) is -0.461. The van der Waals surface area contributed by atoms with E-state index in [1.807, 2.05) is 0 Å². The Morgan fingerprint density at radius 2 is 2.24 bits per heavy atom. The molecule has 1 heterocycles. The van der Waals surface area contributed by atoms with Crippen LogP contribution in [-0.4, -0.2) is 32.9 Å². The largest absolute Gasteiger partial charge is 0.450 e. The maximum absolute atomic E-state index is 11.3. The molecule has 5 nitrogen and oxygen atoms in total. The van der Waals surface area contributed by atoms with E-state index in [1.54, 1.807) is 0 Å². The minimum absolute atomic E-state index is 0.0753. The molecule has 1 amide bonds. The highest BCUT2D eigenvalue weighted by atomic mass is 32.2. The number of ether oxygens (including phenoxy) is 1. The van der Waals surface area contributed by atoms with Crippen LogP contribution >= 0.6 is 0 Å². The third-order valence-corrected chi connectivity index (χ3v) is 3.79. The van der Waals surface area contributed by atoms with E-state index in [-0.39, 0.29) is 5.75 Å². The molecule has 6 heteroatoms. The molecule has 0 bridgehead atoms. The van der Waals surface area contributed by atoms with E-state index < -0.39 is 22.0 Å². The van der Waals surface area contributed by atoms with Crippen LogP contribution in [-0.2, 0) is 14.6 Å². The van der Waals surface area contributed by atoms with Crippen LogP contribution in [0.25, 0.3) is 0 Å². The predicted octanol–water partition coefficient (Wildman–Crippen LogP) is 1.46. The molecule has 1 atom stereocenters. The Morgan fingerprint density at radius 3 is 2.76 bits per heavy atom. The maximum atomic E-state index is 11.3. The third-order valence-electron chi connectivity index (χ3n) is 2.39. The van der Waals surface area contributed by atoms with Gasteiger partial charge in [0.05, 0.1) is 18.4 Å². The predicted molar refractivity (Wildman–Crippen MR) is 65.3 cm³/mol. The van der Waals surface area contributed by atoms with E-state index >= 15 is 0 Å². The molecule has 0 aromatic carbocycles. The molecule has 1 N–H and O–H groups in total. The minimum Gasteiger partial charge on any atom is -0.450 e. The van der Waals surface area contributed by atoms with Gasteiger partial charge in [0.15, 0.2) is 9.84 Å². The molecule has 0 aromatic rings. The zero-order valence-electron chi connectivity index (χ0n) is 10.2. The Hall–Kier alpha value is -1.04. The van der Waals surface area contributed by atoms with E-state index in [0.717, 1.165) is 18.2 Å². The molecule has 0 saturated heterocycles. The van der Waals surface area contributed by atoms with Crippen molar-refractivity contribution in [1.29, 1.82) is 0 Å². The molecule has 1 rings (SSSR count). The van der Waals surface area contributed by atoms with Crippen molar-refractivity contribution in [3.63, 3.8) is 0 Å². The summed E-state index contributed by atoms with van der Waals surface area (Å²) in [6.07, 6.45) is 2.74. The van der Waals surface area contributed by atoms with Gasteiger partial charge in [-0.2, -0.15) is 0 Å². The summed E-state index contributed by atoms with van der Waals surface area (Å²) in [5.74, 6) is 0.512. The van der Waals surface area contributed by atoms with Crippen molar-refractivity contribution in [3.05, 3.63) is 11.5 Å². The van der Waals surface area contributed by atoms with Crippen molar-refractivity contribution in [2.24, 2.45) is 5.92 Å². The Kier molecular flexibility index (Phi) is 4.99. The molecule has 0 fully saturated rings. The van der Waals surface area contributed by atoms with Gasteiger partial charge in [0.1, 0.15) is 0 Å². The first-order valence-corrected chi connectivity index (χ1v) is 7.45. The molecular formula is C11H19NO4S. The monoisotopic (exact) mass is 261 g/mol. The Labute approximate surface area is 102 Å². The lowest BCUT2D eigenvalue weighted by molar-refractivity contribution is 0.141. The van der Waals surface area contributed by atoms with Crippen LogP contribution in [0, 0.1) is 5.92 Å². The van der Waals surface area contributed by atoms with E-state index in [2.05, 4.69) is 19.2 Å². The molecule has 0 saturated carbocycles. The number of carbonyl (C=O) groups excluding carboxylic acids is 1. The number of nitrogens with one attached hydrogen (secondary N) is 1. The second-order valence-corrected chi connectivity index (χ2v) is 6.51. The highest BCUT2D eigenvalue weighted by molar-refractivity contribution is 7.94. The van der Waals surface area contributed by atoms with Gasteiger partial charge in [0, 0.05) is 5.41 Å². The average molecular weight is 261 g/mol. The molecule has 0 aliphatic carbocycles. The molecule has 0 radical (unpaired) electrons. The zero-order chi connectivity index (χ0) is 12.9.